The number of anilines is 3. The van der Waals surface area contributed by atoms with Gasteiger partial charge < -0.3 is 10.6 Å². The van der Waals surface area contributed by atoms with Gasteiger partial charge in [0.2, 0.25) is 11.0 Å². The molecule has 11 heteroatoms. The van der Waals surface area contributed by atoms with Crippen LogP contribution in [0.15, 0.2) is 58.9 Å². The fourth-order valence-electron chi connectivity index (χ4n) is 2.71. The maximum absolute atomic E-state index is 11.2. The van der Waals surface area contributed by atoms with E-state index < -0.39 is 0 Å². The number of thioether (sulfide) groups is 1. The Bertz CT molecular complexity index is 1140. The van der Waals surface area contributed by atoms with Crippen molar-refractivity contribution in [2.75, 3.05) is 10.6 Å². The quantitative estimate of drug-likeness (QED) is 0.416. The van der Waals surface area contributed by atoms with Crippen molar-refractivity contribution < 1.29 is 4.79 Å². The van der Waals surface area contributed by atoms with Gasteiger partial charge in [-0.15, -0.1) is 15.3 Å². The van der Waals surface area contributed by atoms with Crippen LogP contribution < -0.4 is 10.6 Å². The lowest BCUT2D eigenvalue weighted by molar-refractivity contribution is -0.114. The zero-order valence-electron chi connectivity index (χ0n) is 16.2. The zero-order chi connectivity index (χ0) is 20.9. The molecule has 0 radical (unpaired) electrons. The van der Waals surface area contributed by atoms with Gasteiger partial charge in [-0.2, -0.15) is 4.68 Å². The molecule has 2 N–H and O–H groups in total. The van der Waals surface area contributed by atoms with Gasteiger partial charge in [0.15, 0.2) is 10.2 Å². The summed E-state index contributed by atoms with van der Waals surface area (Å²) in [6.45, 7) is 3.50. The second-order valence-corrected chi connectivity index (χ2v) is 8.87. The first-order chi connectivity index (χ1) is 14.6. The van der Waals surface area contributed by atoms with Crippen LogP contribution in [0.2, 0.25) is 0 Å². The predicted molar refractivity (Wildman–Crippen MR) is 117 cm³/mol. The molecular weight excluding hydrogens is 420 g/mol. The average molecular weight is 439 g/mol. The smallest absolute Gasteiger partial charge is 0.221 e. The number of carbonyl (C=O) groups is 1. The summed E-state index contributed by atoms with van der Waals surface area (Å²) in [5, 5.41) is 27.2. The second-order valence-electron chi connectivity index (χ2n) is 6.30. The Morgan fingerprint density at radius 1 is 1.07 bits per heavy atom. The molecule has 9 nitrogen and oxygen atoms in total. The van der Waals surface area contributed by atoms with Gasteiger partial charge in [-0.1, -0.05) is 47.4 Å². The summed E-state index contributed by atoms with van der Waals surface area (Å²) in [5.74, 6) is 0.618. The molecule has 4 aromatic rings. The van der Waals surface area contributed by atoms with Crippen LogP contribution >= 0.6 is 23.1 Å². The van der Waals surface area contributed by atoms with Gasteiger partial charge in [-0.25, -0.2) is 0 Å². The molecule has 0 aliphatic rings. The summed E-state index contributed by atoms with van der Waals surface area (Å²) in [7, 11) is 0. The normalized spacial score (nSPS) is 11.8. The minimum absolute atomic E-state index is 0.0240. The van der Waals surface area contributed by atoms with E-state index >= 15 is 0 Å². The molecule has 2 aromatic heterocycles. The summed E-state index contributed by atoms with van der Waals surface area (Å²) < 4.78 is 2.52. The summed E-state index contributed by atoms with van der Waals surface area (Å²) in [5.41, 5.74) is 2.44. The van der Waals surface area contributed by atoms with Crippen LogP contribution in [0.25, 0.3) is 5.69 Å². The third-order valence-electron chi connectivity index (χ3n) is 3.98. The molecule has 0 saturated heterocycles. The number of hydrogen-bond acceptors (Lipinski definition) is 9. The molecule has 0 saturated carbocycles. The first kappa shape index (κ1) is 20.0. The van der Waals surface area contributed by atoms with Crippen molar-refractivity contribution in [2.24, 2.45) is 0 Å². The number of amides is 1. The molecule has 2 aromatic carbocycles. The van der Waals surface area contributed by atoms with E-state index in [-0.39, 0.29) is 11.2 Å². The molecule has 4 rings (SSSR count). The molecule has 1 unspecified atom stereocenters. The van der Waals surface area contributed by atoms with E-state index in [1.807, 2.05) is 61.5 Å². The van der Waals surface area contributed by atoms with Gasteiger partial charge >= 0.3 is 0 Å². The standard InChI is InChI=1S/C19H18N8OS2/c1-12(17-22-25-26-27(17)16-9-4-3-5-10-16)29-19-24-23-18(30-19)21-15-8-6-7-14(11-15)20-13(2)28/h3-12H,1-2H3,(H,20,28)(H,21,23). The molecule has 0 aliphatic heterocycles. The van der Waals surface area contributed by atoms with Gasteiger partial charge in [0.1, 0.15) is 0 Å². The van der Waals surface area contributed by atoms with Crippen molar-refractivity contribution in [3.63, 3.8) is 0 Å². The highest BCUT2D eigenvalue weighted by Crippen LogP contribution is 2.37. The van der Waals surface area contributed by atoms with Gasteiger partial charge in [0, 0.05) is 18.3 Å². The number of nitrogens with one attached hydrogen (secondary N) is 2. The van der Waals surface area contributed by atoms with E-state index in [1.165, 1.54) is 30.0 Å². The van der Waals surface area contributed by atoms with E-state index in [1.54, 1.807) is 4.68 Å². The van der Waals surface area contributed by atoms with Crippen molar-refractivity contribution in [3.8, 4) is 5.69 Å². The Labute approximate surface area is 180 Å². The van der Waals surface area contributed by atoms with Crippen LogP contribution in [-0.2, 0) is 4.79 Å². The first-order valence-corrected chi connectivity index (χ1v) is 10.8. The number of nitrogens with zero attached hydrogens (tertiary/aromatic N) is 6. The van der Waals surface area contributed by atoms with Crippen LogP contribution in [0, 0.1) is 0 Å². The van der Waals surface area contributed by atoms with Crippen LogP contribution in [0.1, 0.15) is 24.9 Å². The lowest BCUT2D eigenvalue weighted by Crippen LogP contribution is -2.05. The fourth-order valence-corrected chi connectivity index (χ4v) is 4.72. The topological polar surface area (TPSA) is 111 Å². The average Bonchev–Trinajstić information content (AvgIpc) is 3.38. The first-order valence-electron chi connectivity index (χ1n) is 9.07. The molecule has 1 amide bonds. The second kappa shape index (κ2) is 9.01. The number of tetrazole rings is 1. The maximum atomic E-state index is 11.2. The number of para-hydroxylation sites is 1. The minimum Gasteiger partial charge on any atom is -0.330 e. The van der Waals surface area contributed by atoms with Crippen molar-refractivity contribution in [1.82, 2.24) is 30.4 Å². The highest BCUT2D eigenvalue weighted by molar-refractivity contribution is 8.01. The number of rotatable bonds is 7. The van der Waals surface area contributed by atoms with Crippen molar-refractivity contribution in [1.29, 1.82) is 0 Å². The van der Waals surface area contributed by atoms with Crippen molar-refractivity contribution in [2.45, 2.75) is 23.4 Å². The number of hydrogen-bond donors (Lipinski definition) is 2. The lowest BCUT2D eigenvalue weighted by atomic mass is 10.3. The largest absolute Gasteiger partial charge is 0.330 e. The molecule has 152 valence electrons. The Hall–Kier alpha value is -3.31. The van der Waals surface area contributed by atoms with E-state index in [0.717, 1.165) is 21.5 Å². The summed E-state index contributed by atoms with van der Waals surface area (Å²) in [4.78, 5) is 11.2. The number of carbonyl (C=O) groups excluding carboxylic acids is 1. The van der Waals surface area contributed by atoms with E-state index in [2.05, 4.69) is 36.4 Å². The van der Waals surface area contributed by atoms with E-state index in [9.17, 15) is 4.79 Å². The maximum Gasteiger partial charge on any atom is 0.221 e. The van der Waals surface area contributed by atoms with Crippen LogP contribution in [0.5, 0.6) is 0 Å². The zero-order valence-corrected chi connectivity index (χ0v) is 17.8. The van der Waals surface area contributed by atoms with Gasteiger partial charge in [-0.05, 0) is 47.7 Å². The summed E-state index contributed by atoms with van der Waals surface area (Å²) in [6.07, 6.45) is 0. The Balaban J connectivity index is 1.44. The van der Waals surface area contributed by atoms with Crippen molar-refractivity contribution in [3.05, 3.63) is 60.4 Å². The number of aromatic nitrogens is 6. The van der Waals surface area contributed by atoms with Crippen LogP contribution in [0.4, 0.5) is 16.5 Å². The monoisotopic (exact) mass is 438 g/mol. The minimum atomic E-state index is -0.117. The Morgan fingerprint density at radius 3 is 2.67 bits per heavy atom. The Morgan fingerprint density at radius 2 is 1.87 bits per heavy atom. The molecule has 2 heterocycles. The third kappa shape index (κ3) is 4.81. The molecular formula is C19H18N8OS2. The molecule has 30 heavy (non-hydrogen) atoms. The van der Waals surface area contributed by atoms with Gasteiger partial charge in [0.05, 0.1) is 10.9 Å². The highest BCUT2D eigenvalue weighted by atomic mass is 32.2. The van der Waals surface area contributed by atoms with E-state index in [4.69, 9.17) is 0 Å². The van der Waals surface area contributed by atoms with E-state index in [0.29, 0.717) is 10.8 Å². The molecule has 1 atom stereocenters. The molecule has 0 spiro atoms. The molecule has 0 bridgehead atoms. The summed E-state index contributed by atoms with van der Waals surface area (Å²) in [6, 6.07) is 17.2. The molecule has 0 fully saturated rings. The number of benzene rings is 2. The lowest BCUT2D eigenvalue weighted by Gasteiger charge is -2.09. The molecule has 0 aliphatic carbocycles. The predicted octanol–water partition coefficient (Wildman–Crippen LogP) is 4.07. The van der Waals surface area contributed by atoms with Crippen LogP contribution in [0.3, 0.4) is 0 Å². The SMILES string of the molecule is CC(=O)Nc1cccc(Nc2nnc(SC(C)c3nnnn3-c3ccccc3)s2)c1. The fraction of sp³-hybridized carbons (Fsp3) is 0.158. The highest BCUT2D eigenvalue weighted by Gasteiger charge is 2.19. The Kier molecular flexibility index (Phi) is 6.00. The van der Waals surface area contributed by atoms with Crippen molar-refractivity contribution >= 4 is 45.5 Å². The van der Waals surface area contributed by atoms with Gasteiger partial charge in [-0.3, -0.25) is 4.79 Å². The third-order valence-corrected chi connectivity index (χ3v) is 6.00. The van der Waals surface area contributed by atoms with Crippen LogP contribution in [-0.4, -0.2) is 36.3 Å². The summed E-state index contributed by atoms with van der Waals surface area (Å²) >= 11 is 2.98. The van der Waals surface area contributed by atoms with Gasteiger partial charge in [0.25, 0.3) is 0 Å².